The van der Waals surface area contributed by atoms with Crippen LogP contribution < -0.4 is 0 Å². The Kier molecular flexibility index (Phi) is 6.26. The molecule has 4 nitrogen and oxygen atoms in total. The fraction of sp³-hybridized carbons (Fsp3) is 0.667. The van der Waals surface area contributed by atoms with E-state index in [2.05, 4.69) is 15.9 Å². The molecule has 1 fully saturated rings. The summed E-state index contributed by atoms with van der Waals surface area (Å²) in [4.78, 5) is 24.9. The Morgan fingerprint density at radius 1 is 1.41 bits per heavy atom. The van der Waals surface area contributed by atoms with Crippen LogP contribution in [0.5, 0.6) is 0 Å². The number of allylic oxidation sites excluding steroid dienone is 1. The number of nitrogens with zero attached hydrogens (tertiary/aromatic N) is 1. The van der Waals surface area contributed by atoms with Gasteiger partial charge in [0.25, 0.3) is 0 Å². The van der Waals surface area contributed by atoms with E-state index in [-0.39, 0.29) is 17.2 Å². The molecule has 1 saturated heterocycles. The van der Waals surface area contributed by atoms with E-state index in [4.69, 9.17) is 4.74 Å². The highest BCUT2D eigenvalue weighted by molar-refractivity contribution is 9.09. The average molecular weight is 304 g/mol. The molecule has 0 aromatic carbocycles. The second kappa shape index (κ2) is 7.48. The number of halogens is 1. The van der Waals surface area contributed by atoms with Crippen LogP contribution in [-0.4, -0.2) is 35.3 Å². The first-order chi connectivity index (χ1) is 8.19. The lowest BCUT2D eigenvalue weighted by Gasteiger charge is -2.22. The van der Waals surface area contributed by atoms with Gasteiger partial charge >= 0.3 is 5.97 Å². The van der Waals surface area contributed by atoms with Gasteiger partial charge in [0, 0.05) is 18.3 Å². The molecule has 0 saturated carbocycles. The first-order valence-electron chi connectivity index (χ1n) is 5.92. The number of alkyl halides is 1. The SMILES string of the molecule is CCOC(=O)C=C1CCCCCN1C(=O)CBr. The van der Waals surface area contributed by atoms with Crippen molar-refractivity contribution < 1.29 is 14.3 Å². The standard InChI is InChI=1S/C12H18BrNO3/c1-2-17-12(16)8-10-6-4-3-5-7-14(10)11(15)9-13/h8H,2-7,9H2,1H3. The first-order valence-corrected chi connectivity index (χ1v) is 7.04. The minimum atomic E-state index is -0.364. The fourth-order valence-corrected chi connectivity index (χ4v) is 2.16. The van der Waals surface area contributed by atoms with Gasteiger partial charge in [0.1, 0.15) is 0 Å². The van der Waals surface area contributed by atoms with Crippen LogP contribution in [0, 0.1) is 0 Å². The third-order valence-corrected chi connectivity index (χ3v) is 3.13. The molecule has 1 rings (SSSR count). The summed E-state index contributed by atoms with van der Waals surface area (Å²) in [6.07, 6.45) is 5.30. The lowest BCUT2D eigenvalue weighted by atomic mass is 10.2. The van der Waals surface area contributed by atoms with Gasteiger partial charge in [-0.15, -0.1) is 0 Å². The quantitative estimate of drug-likeness (QED) is 0.456. The number of rotatable bonds is 3. The highest BCUT2D eigenvalue weighted by Gasteiger charge is 2.20. The number of esters is 1. The van der Waals surface area contributed by atoms with Crippen molar-refractivity contribution in [2.24, 2.45) is 0 Å². The van der Waals surface area contributed by atoms with E-state index in [1.165, 1.54) is 6.08 Å². The van der Waals surface area contributed by atoms with Crippen LogP contribution in [-0.2, 0) is 14.3 Å². The third kappa shape index (κ3) is 4.50. The van der Waals surface area contributed by atoms with Gasteiger partial charge in [-0.3, -0.25) is 4.79 Å². The Balaban J connectivity index is 2.81. The van der Waals surface area contributed by atoms with Crippen molar-refractivity contribution >= 4 is 27.8 Å². The number of hydrogen-bond acceptors (Lipinski definition) is 3. The van der Waals surface area contributed by atoms with E-state index in [0.29, 0.717) is 13.2 Å². The largest absolute Gasteiger partial charge is 0.463 e. The molecule has 0 spiro atoms. The molecule has 96 valence electrons. The fourth-order valence-electron chi connectivity index (χ4n) is 1.86. The van der Waals surface area contributed by atoms with Crippen molar-refractivity contribution in [2.75, 3.05) is 18.5 Å². The molecule has 5 heteroatoms. The molecule has 1 heterocycles. The summed E-state index contributed by atoms with van der Waals surface area (Å²) < 4.78 is 4.88. The normalized spacial score (nSPS) is 18.9. The number of carbonyl (C=O) groups is 2. The zero-order valence-corrected chi connectivity index (χ0v) is 11.7. The molecule has 0 unspecified atom stereocenters. The van der Waals surface area contributed by atoms with E-state index in [0.717, 1.165) is 31.4 Å². The molecule has 17 heavy (non-hydrogen) atoms. The molecule has 1 aliphatic heterocycles. The van der Waals surface area contributed by atoms with E-state index < -0.39 is 0 Å². The Hall–Kier alpha value is -0.840. The Labute approximate surface area is 110 Å². The van der Waals surface area contributed by atoms with Gasteiger partial charge in [-0.1, -0.05) is 22.4 Å². The second-order valence-electron chi connectivity index (χ2n) is 3.88. The zero-order chi connectivity index (χ0) is 12.7. The first kappa shape index (κ1) is 14.2. The van der Waals surface area contributed by atoms with Gasteiger partial charge in [-0.05, 0) is 26.2 Å². The van der Waals surface area contributed by atoms with Crippen LogP contribution in [0.25, 0.3) is 0 Å². The van der Waals surface area contributed by atoms with Gasteiger partial charge < -0.3 is 9.64 Å². The van der Waals surface area contributed by atoms with Crippen LogP contribution in [0.1, 0.15) is 32.6 Å². The number of carbonyl (C=O) groups excluding carboxylic acids is 2. The lowest BCUT2D eigenvalue weighted by Crippen LogP contribution is -2.31. The molecule has 0 bridgehead atoms. The minimum Gasteiger partial charge on any atom is -0.463 e. The highest BCUT2D eigenvalue weighted by Crippen LogP contribution is 2.20. The number of likely N-dealkylation sites (tertiary alicyclic amines) is 1. The molecule has 0 aliphatic carbocycles. The van der Waals surface area contributed by atoms with Crippen molar-refractivity contribution in [3.05, 3.63) is 11.8 Å². The van der Waals surface area contributed by atoms with Crippen molar-refractivity contribution in [3.63, 3.8) is 0 Å². The molecular weight excluding hydrogens is 286 g/mol. The van der Waals surface area contributed by atoms with E-state index in [1.807, 2.05) is 0 Å². The maximum atomic E-state index is 11.8. The van der Waals surface area contributed by atoms with Crippen LogP contribution in [0.3, 0.4) is 0 Å². The minimum absolute atomic E-state index is 0.00227. The predicted octanol–water partition coefficient (Wildman–Crippen LogP) is 2.23. The Bertz CT molecular complexity index is 315. The van der Waals surface area contributed by atoms with Crippen LogP contribution in [0.4, 0.5) is 0 Å². The monoisotopic (exact) mass is 303 g/mol. The van der Waals surface area contributed by atoms with Crippen molar-refractivity contribution in [1.29, 1.82) is 0 Å². The lowest BCUT2D eigenvalue weighted by molar-refractivity contribution is -0.137. The molecule has 1 amide bonds. The highest BCUT2D eigenvalue weighted by atomic mass is 79.9. The van der Waals surface area contributed by atoms with Gasteiger partial charge in [-0.2, -0.15) is 0 Å². The van der Waals surface area contributed by atoms with Crippen LogP contribution >= 0.6 is 15.9 Å². The molecular formula is C12H18BrNO3. The summed E-state index contributed by atoms with van der Waals surface area (Å²) in [7, 11) is 0. The third-order valence-electron chi connectivity index (χ3n) is 2.65. The average Bonchev–Trinajstić information content (AvgIpc) is 2.54. The van der Waals surface area contributed by atoms with E-state index in [9.17, 15) is 9.59 Å². The number of ether oxygens (including phenoxy) is 1. The summed E-state index contributed by atoms with van der Waals surface area (Å²) in [6.45, 7) is 2.82. The Morgan fingerprint density at radius 2 is 2.18 bits per heavy atom. The summed E-state index contributed by atoms with van der Waals surface area (Å²) >= 11 is 3.17. The predicted molar refractivity (Wildman–Crippen MR) is 68.7 cm³/mol. The van der Waals surface area contributed by atoms with Crippen molar-refractivity contribution in [1.82, 2.24) is 4.90 Å². The van der Waals surface area contributed by atoms with Crippen molar-refractivity contribution in [2.45, 2.75) is 32.6 Å². The zero-order valence-electron chi connectivity index (χ0n) is 10.1. The maximum Gasteiger partial charge on any atom is 0.332 e. The summed E-state index contributed by atoms with van der Waals surface area (Å²) in [5, 5.41) is 0.285. The molecule has 0 aromatic heterocycles. The molecule has 0 N–H and O–H groups in total. The molecule has 0 radical (unpaired) electrons. The maximum absolute atomic E-state index is 11.8. The smallest absolute Gasteiger partial charge is 0.332 e. The van der Waals surface area contributed by atoms with Gasteiger partial charge in [0.05, 0.1) is 11.9 Å². The number of amides is 1. The molecule has 0 atom stereocenters. The van der Waals surface area contributed by atoms with Gasteiger partial charge in [-0.25, -0.2) is 4.79 Å². The summed E-state index contributed by atoms with van der Waals surface area (Å²) in [5.41, 5.74) is 0.783. The van der Waals surface area contributed by atoms with Crippen molar-refractivity contribution in [3.8, 4) is 0 Å². The van der Waals surface area contributed by atoms with Gasteiger partial charge in [0.2, 0.25) is 5.91 Å². The molecule has 0 aromatic rings. The second-order valence-corrected chi connectivity index (χ2v) is 4.44. The van der Waals surface area contributed by atoms with Gasteiger partial charge in [0.15, 0.2) is 0 Å². The van der Waals surface area contributed by atoms with Crippen LogP contribution in [0.2, 0.25) is 0 Å². The summed E-state index contributed by atoms with van der Waals surface area (Å²) in [6, 6.07) is 0. The summed E-state index contributed by atoms with van der Waals surface area (Å²) in [5.74, 6) is -0.362. The van der Waals surface area contributed by atoms with E-state index in [1.54, 1.807) is 11.8 Å². The Morgan fingerprint density at radius 3 is 2.82 bits per heavy atom. The topological polar surface area (TPSA) is 46.6 Å². The van der Waals surface area contributed by atoms with Crippen LogP contribution in [0.15, 0.2) is 11.8 Å². The number of hydrogen-bond donors (Lipinski definition) is 0. The van der Waals surface area contributed by atoms with E-state index >= 15 is 0 Å². The molecule has 1 aliphatic rings.